The molecule has 0 saturated heterocycles. The molecule has 0 aliphatic carbocycles. The molecule has 1 unspecified atom stereocenters. The molecule has 0 aliphatic heterocycles. The summed E-state index contributed by atoms with van der Waals surface area (Å²) in [5.74, 6) is -0.102. The second kappa shape index (κ2) is 8.52. The van der Waals surface area contributed by atoms with Gasteiger partial charge in [-0.15, -0.1) is 0 Å². The normalized spacial score (nSPS) is 12.0. The molecule has 10 heteroatoms. The molecule has 2 N–H and O–H groups in total. The van der Waals surface area contributed by atoms with Crippen molar-refractivity contribution in [2.75, 3.05) is 5.32 Å². The molecular formula is C19H23ClN6O3. The Labute approximate surface area is 173 Å². The van der Waals surface area contributed by atoms with Gasteiger partial charge in [0.25, 0.3) is 5.91 Å². The number of hydrogen-bond donors (Lipinski definition) is 2. The van der Waals surface area contributed by atoms with Gasteiger partial charge < -0.3 is 15.1 Å². The van der Waals surface area contributed by atoms with Crippen LogP contribution in [-0.2, 0) is 18.4 Å². The van der Waals surface area contributed by atoms with E-state index >= 15 is 0 Å². The molecule has 2 amide bonds. The fraction of sp³-hybridized carbons (Fsp3) is 0.368. The maximum atomic E-state index is 12.9. The van der Waals surface area contributed by atoms with Crippen LogP contribution in [0, 0.1) is 13.8 Å². The number of anilines is 1. The lowest BCUT2D eigenvalue weighted by molar-refractivity contribution is -0.119. The molecule has 0 aliphatic rings. The van der Waals surface area contributed by atoms with Crippen molar-refractivity contribution in [2.45, 2.75) is 39.8 Å². The highest BCUT2D eigenvalue weighted by atomic mass is 35.5. The smallest absolute Gasteiger partial charge is 0.274 e. The van der Waals surface area contributed by atoms with Gasteiger partial charge in [-0.25, -0.2) is 0 Å². The van der Waals surface area contributed by atoms with Crippen molar-refractivity contribution in [3.05, 3.63) is 52.5 Å². The molecule has 3 rings (SSSR count). The first kappa shape index (κ1) is 20.7. The number of aromatic nitrogens is 4. The van der Waals surface area contributed by atoms with Crippen molar-refractivity contribution >= 4 is 29.1 Å². The predicted octanol–water partition coefficient (Wildman–Crippen LogP) is 3.00. The third-order valence-electron chi connectivity index (χ3n) is 4.53. The van der Waals surface area contributed by atoms with Gasteiger partial charge in [0.05, 0.1) is 34.9 Å². The van der Waals surface area contributed by atoms with Gasteiger partial charge in [-0.2, -0.15) is 10.2 Å². The van der Waals surface area contributed by atoms with Gasteiger partial charge in [0.1, 0.15) is 11.8 Å². The summed E-state index contributed by atoms with van der Waals surface area (Å²) in [4.78, 5) is 25.5. The van der Waals surface area contributed by atoms with Crippen LogP contribution in [0.1, 0.15) is 47.0 Å². The fourth-order valence-corrected chi connectivity index (χ4v) is 3.17. The van der Waals surface area contributed by atoms with Crippen LogP contribution in [0.3, 0.4) is 0 Å². The lowest BCUT2D eigenvalue weighted by atomic mass is 10.2. The zero-order valence-electron chi connectivity index (χ0n) is 16.7. The van der Waals surface area contributed by atoms with E-state index in [9.17, 15) is 9.59 Å². The summed E-state index contributed by atoms with van der Waals surface area (Å²) in [5, 5.41) is 14.6. The number of hydrogen-bond acceptors (Lipinski definition) is 5. The summed E-state index contributed by atoms with van der Waals surface area (Å²) in [7, 11) is 1.68. The maximum Gasteiger partial charge on any atom is 0.274 e. The average molecular weight is 419 g/mol. The van der Waals surface area contributed by atoms with Crippen molar-refractivity contribution < 1.29 is 14.0 Å². The number of nitrogens with zero attached hydrogens (tertiary/aromatic N) is 4. The predicted molar refractivity (Wildman–Crippen MR) is 108 cm³/mol. The third-order valence-corrected chi connectivity index (χ3v) is 5.07. The highest BCUT2D eigenvalue weighted by Gasteiger charge is 2.26. The summed E-state index contributed by atoms with van der Waals surface area (Å²) in [6.07, 6.45) is 3.62. The van der Waals surface area contributed by atoms with Gasteiger partial charge in [-0.05, 0) is 32.4 Å². The molecule has 3 heterocycles. The Balaban J connectivity index is 1.77. The van der Waals surface area contributed by atoms with Crippen LogP contribution in [0.2, 0.25) is 5.02 Å². The number of furan rings is 1. The van der Waals surface area contributed by atoms with Crippen molar-refractivity contribution in [1.29, 1.82) is 0 Å². The van der Waals surface area contributed by atoms with E-state index in [1.54, 1.807) is 37.0 Å². The van der Waals surface area contributed by atoms with Crippen molar-refractivity contribution in [3.63, 3.8) is 0 Å². The van der Waals surface area contributed by atoms with Gasteiger partial charge in [-0.3, -0.25) is 19.0 Å². The van der Waals surface area contributed by atoms with Crippen molar-refractivity contribution in [1.82, 2.24) is 24.9 Å². The largest absolute Gasteiger partial charge is 0.467 e. The zero-order chi connectivity index (χ0) is 21.1. The topological polar surface area (TPSA) is 107 Å². The van der Waals surface area contributed by atoms with Gasteiger partial charge in [0.15, 0.2) is 5.69 Å². The molecule has 0 saturated carbocycles. The van der Waals surface area contributed by atoms with Crippen LogP contribution in [0.4, 0.5) is 5.69 Å². The van der Waals surface area contributed by atoms with Crippen molar-refractivity contribution in [3.8, 4) is 0 Å². The number of carbonyl (C=O) groups excluding carboxylic acids is 2. The highest BCUT2D eigenvalue weighted by molar-refractivity contribution is 6.31. The molecule has 9 nitrogen and oxygen atoms in total. The first-order valence-electron chi connectivity index (χ1n) is 9.18. The minimum Gasteiger partial charge on any atom is -0.467 e. The van der Waals surface area contributed by atoms with E-state index in [0.717, 1.165) is 0 Å². The monoisotopic (exact) mass is 418 g/mol. The van der Waals surface area contributed by atoms with E-state index in [4.69, 9.17) is 16.0 Å². The summed E-state index contributed by atoms with van der Waals surface area (Å²) in [6, 6.07) is 2.93. The van der Waals surface area contributed by atoms with Crippen LogP contribution in [0.25, 0.3) is 0 Å². The minimum atomic E-state index is -0.569. The number of nitrogens with one attached hydrogen (secondary N) is 2. The minimum absolute atomic E-state index is 0.119. The second-order valence-electron chi connectivity index (χ2n) is 6.67. The molecule has 0 fully saturated rings. The summed E-state index contributed by atoms with van der Waals surface area (Å²) in [5.41, 5.74) is 1.82. The van der Waals surface area contributed by atoms with Gasteiger partial charge in [-0.1, -0.05) is 18.5 Å². The molecule has 0 radical (unpaired) electrons. The second-order valence-corrected chi connectivity index (χ2v) is 7.05. The Morgan fingerprint density at radius 3 is 2.66 bits per heavy atom. The molecule has 154 valence electrons. The summed E-state index contributed by atoms with van der Waals surface area (Å²) < 4.78 is 8.29. The molecular weight excluding hydrogens is 396 g/mol. The van der Waals surface area contributed by atoms with E-state index in [-0.39, 0.29) is 18.1 Å². The Kier molecular flexibility index (Phi) is 6.07. The molecule has 3 aromatic rings. The van der Waals surface area contributed by atoms with E-state index in [1.165, 1.54) is 10.9 Å². The summed E-state index contributed by atoms with van der Waals surface area (Å²) in [6.45, 7) is 5.71. The van der Waals surface area contributed by atoms with E-state index < -0.39 is 11.9 Å². The lowest BCUT2D eigenvalue weighted by Crippen LogP contribution is -2.29. The molecule has 0 bridgehead atoms. The SMILES string of the molecule is CCC(C(=O)Nc1cn(C)nc1C(=O)NCc1ccco1)n1nc(C)c(Cl)c1C. The van der Waals surface area contributed by atoms with Crippen LogP contribution >= 0.6 is 11.6 Å². The Bertz CT molecular complexity index is 1020. The van der Waals surface area contributed by atoms with Crippen LogP contribution in [-0.4, -0.2) is 31.4 Å². The van der Waals surface area contributed by atoms with Gasteiger partial charge >= 0.3 is 0 Å². The Morgan fingerprint density at radius 2 is 2.07 bits per heavy atom. The molecule has 0 aromatic carbocycles. The number of aryl methyl sites for hydroxylation is 2. The van der Waals surface area contributed by atoms with Crippen LogP contribution in [0.5, 0.6) is 0 Å². The Morgan fingerprint density at radius 1 is 1.31 bits per heavy atom. The molecule has 1 atom stereocenters. The average Bonchev–Trinajstić information content (AvgIpc) is 3.38. The molecule has 0 spiro atoms. The Hall–Kier alpha value is -3.07. The van der Waals surface area contributed by atoms with Gasteiger partial charge in [0.2, 0.25) is 5.91 Å². The van der Waals surface area contributed by atoms with Crippen LogP contribution in [0.15, 0.2) is 29.0 Å². The molecule has 29 heavy (non-hydrogen) atoms. The third kappa shape index (κ3) is 4.34. The fourth-order valence-electron chi connectivity index (χ4n) is 3.04. The van der Waals surface area contributed by atoms with E-state index in [2.05, 4.69) is 20.8 Å². The van der Waals surface area contributed by atoms with E-state index in [1.807, 2.05) is 13.8 Å². The van der Waals surface area contributed by atoms with Crippen LogP contribution < -0.4 is 10.6 Å². The highest BCUT2D eigenvalue weighted by Crippen LogP contribution is 2.25. The maximum absolute atomic E-state index is 12.9. The quantitative estimate of drug-likeness (QED) is 0.613. The number of rotatable bonds is 7. The molecule has 3 aromatic heterocycles. The number of halogens is 1. The number of amides is 2. The van der Waals surface area contributed by atoms with E-state index in [0.29, 0.717) is 34.3 Å². The first-order chi connectivity index (χ1) is 13.8. The lowest BCUT2D eigenvalue weighted by Gasteiger charge is -2.17. The first-order valence-corrected chi connectivity index (χ1v) is 9.55. The zero-order valence-corrected chi connectivity index (χ0v) is 17.4. The van der Waals surface area contributed by atoms with Gasteiger partial charge in [0, 0.05) is 13.2 Å². The van der Waals surface area contributed by atoms with Crippen molar-refractivity contribution in [2.24, 2.45) is 7.05 Å². The number of carbonyl (C=O) groups is 2. The summed E-state index contributed by atoms with van der Waals surface area (Å²) >= 11 is 6.22. The standard InChI is InChI=1S/C19H23ClN6O3/c1-5-15(26-12(3)16(20)11(2)23-26)18(27)22-14-10-25(4)24-17(14)19(28)21-9-13-7-6-8-29-13/h6-8,10,15H,5,9H2,1-4H3,(H,21,28)(H,22,27).